The fourth-order valence-electron chi connectivity index (χ4n) is 5.29. The van der Waals surface area contributed by atoms with Crippen LogP contribution in [0.2, 0.25) is 0 Å². The summed E-state index contributed by atoms with van der Waals surface area (Å²) in [6.07, 6.45) is 0.521. The van der Waals surface area contributed by atoms with Gasteiger partial charge in [0.15, 0.2) is 5.54 Å². The van der Waals surface area contributed by atoms with E-state index in [4.69, 9.17) is 5.73 Å². The molecule has 2 amide bonds. The molecule has 1 aliphatic heterocycles. The van der Waals surface area contributed by atoms with Crippen molar-refractivity contribution in [2.75, 3.05) is 11.5 Å². The number of rotatable bonds is 6. The number of benzene rings is 1. The number of alkyl halides is 4. The van der Waals surface area contributed by atoms with Crippen LogP contribution in [0.3, 0.4) is 0 Å². The van der Waals surface area contributed by atoms with E-state index in [2.05, 4.69) is 22.5 Å². The Labute approximate surface area is 241 Å². The van der Waals surface area contributed by atoms with E-state index in [0.717, 1.165) is 22.9 Å². The molecule has 1 aromatic rings. The number of nitrogens with two attached hydrogens (primary N) is 1. The highest BCUT2D eigenvalue weighted by molar-refractivity contribution is 7.99. The second-order valence-electron chi connectivity index (χ2n) is 11.3. The minimum atomic E-state index is -4.93. The first-order chi connectivity index (χ1) is 19.2. The van der Waals surface area contributed by atoms with Gasteiger partial charge in [0.05, 0.1) is 23.3 Å². The van der Waals surface area contributed by atoms with E-state index in [1.807, 2.05) is 30.3 Å². The molecule has 0 radical (unpaired) electrons. The molecule has 11 heteroatoms. The molecule has 1 heterocycles. The van der Waals surface area contributed by atoms with Gasteiger partial charge < -0.3 is 11.1 Å². The summed E-state index contributed by atoms with van der Waals surface area (Å²) in [5.41, 5.74) is 2.37. The molecule has 4 atom stereocenters. The van der Waals surface area contributed by atoms with Crippen molar-refractivity contribution in [3.05, 3.63) is 53.6 Å². The van der Waals surface area contributed by atoms with E-state index in [9.17, 15) is 19.2 Å². The Balaban J connectivity index is 1.66. The first-order valence-electron chi connectivity index (χ1n) is 13.3. The fourth-order valence-corrected chi connectivity index (χ4v) is 5.98. The van der Waals surface area contributed by atoms with E-state index in [1.54, 1.807) is 12.2 Å². The van der Waals surface area contributed by atoms with Gasteiger partial charge in [0, 0.05) is 18.1 Å². The third-order valence-corrected chi connectivity index (χ3v) is 8.64. The van der Waals surface area contributed by atoms with E-state index in [1.165, 1.54) is 19.9 Å². The maximum Gasteiger partial charge on any atom is 0.418 e. The summed E-state index contributed by atoms with van der Waals surface area (Å²) in [6.45, 7) is 2.36. The lowest BCUT2D eigenvalue weighted by molar-refractivity contribution is -0.192. The number of halogens is 4. The minimum absolute atomic E-state index is 0.0174. The van der Waals surface area contributed by atoms with Crippen molar-refractivity contribution in [1.82, 2.24) is 10.6 Å². The Morgan fingerprint density at radius 1 is 1.22 bits per heavy atom. The van der Waals surface area contributed by atoms with E-state index < -0.39 is 53.1 Å². The van der Waals surface area contributed by atoms with Crippen molar-refractivity contribution in [3.63, 3.8) is 0 Å². The van der Waals surface area contributed by atoms with Crippen LogP contribution in [0.1, 0.15) is 50.7 Å². The van der Waals surface area contributed by atoms with Gasteiger partial charge in [-0.05, 0) is 49.8 Å². The number of nitrogens with one attached hydrogen (secondary N) is 2. The molecule has 0 aromatic heterocycles. The lowest BCUT2D eigenvalue weighted by Crippen LogP contribution is -2.66. The number of nitrogens with zero attached hydrogens (tertiary/aromatic N) is 1. The Bertz CT molecular complexity index is 1340. The normalized spacial score (nSPS) is 28.2. The summed E-state index contributed by atoms with van der Waals surface area (Å²) in [7, 11) is 0. The van der Waals surface area contributed by atoms with E-state index in [0.29, 0.717) is 18.4 Å². The SMILES string of the molecule is CC(C)(F)C[C@@H]1N[C@@](C2C=CC(c3ccc(C4(C(N)=O)CC4)cc3)=CC2)(C(F)(F)F)C#CCSC[C@@H](C#N)NC1=O. The molecule has 1 fully saturated rings. The second-order valence-corrected chi connectivity index (χ2v) is 12.3. The molecule has 41 heavy (non-hydrogen) atoms. The fraction of sp³-hybridized carbons (Fsp3) is 0.500. The van der Waals surface area contributed by atoms with Crippen molar-refractivity contribution in [2.24, 2.45) is 11.7 Å². The number of allylic oxidation sites excluding steroid dienone is 3. The molecule has 0 spiro atoms. The van der Waals surface area contributed by atoms with Crippen LogP contribution in [-0.4, -0.2) is 52.8 Å². The first-order valence-corrected chi connectivity index (χ1v) is 14.5. The highest BCUT2D eigenvalue weighted by Crippen LogP contribution is 2.48. The first kappa shape index (κ1) is 30.7. The van der Waals surface area contributed by atoms with Crippen LogP contribution in [0.15, 0.2) is 42.5 Å². The average molecular weight is 589 g/mol. The zero-order valence-corrected chi connectivity index (χ0v) is 23.6. The maximum absolute atomic E-state index is 15.0. The molecular weight excluding hydrogens is 556 g/mol. The molecule has 1 unspecified atom stereocenters. The van der Waals surface area contributed by atoms with E-state index in [-0.39, 0.29) is 23.8 Å². The molecule has 6 nitrogen and oxygen atoms in total. The quantitative estimate of drug-likeness (QED) is 0.339. The molecule has 0 saturated heterocycles. The number of hydrogen-bond acceptors (Lipinski definition) is 5. The smallest absolute Gasteiger partial charge is 0.369 e. The summed E-state index contributed by atoms with van der Waals surface area (Å²) in [5, 5.41) is 14.3. The van der Waals surface area contributed by atoms with Crippen LogP contribution < -0.4 is 16.4 Å². The topological polar surface area (TPSA) is 108 Å². The molecule has 2 aliphatic carbocycles. The highest BCUT2D eigenvalue weighted by Gasteiger charge is 2.59. The largest absolute Gasteiger partial charge is 0.418 e. The van der Waals surface area contributed by atoms with Gasteiger partial charge in [0.1, 0.15) is 11.7 Å². The number of thioether (sulfide) groups is 1. The van der Waals surface area contributed by atoms with Gasteiger partial charge in [0.2, 0.25) is 11.8 Å². The molecule has 3 aliphatic rings. The van der Waals surface area contributed by atoms with Gasteiger partial charge >= 0.3 is 6.18 Å². The van der Waals surface area contributed by atoms with Crippen LogP contribution in [-0.2, 0) is 15.0 Å². The molecule has 1 aromatic carbocycles. The zero-order chi connectivity index (χ0) is 30.1. The van der Waals surface area contributed by atoms with Gasteiger partial charge in [-0.15, -0.1) is 11.8 Å². The summed E-state index contributed by atoms with van der Waals surface area (Å²) in [4.78, 5) is 25.0. The highest BCUT2D eigenvalue weighted by atomic mass is 32.2. The number of nitriles is 1. The predicted molar refractivity (Wildman–Crippen MR) is 150 cm³/mol. The lowest BCUT2D eigenvalue weighted by atomic mass is 9.76. The number of carbonyl (C=O) groups excluding carboxylic acids is 2. The monoisotopic (exact) mass is 588 g/mol. The Kier molecular flexibility index (Phi) is 8.63. The van der Waals surface area contributed by atoms with Crippen molar-refractivity contribution < 1.29 is 27.2 Å². The maximum atomic E-state index is 15.0. The van der Waals surface area contributed by atoms with Crippen LogP contribution in [0, 0.1) is 29.1 Å². The third-order valence-electron chi connectivity index (χ3n) is 7.72. The van der Waals surface area contributed by atoms with Gasteiger partial charge in [-0.3, -0.25) is 14.9 Å². The van der Waals surface area contributed by atoms with Crippen molar-refractivity contribution >= 4 is 29.1 Å². The summed E-state index contributed by atoms with van der Waals surface area (Å²) >= 11 is 1.14. The zero-order valence-electron chi connectivity index (χ0n) is 22.8. The van der Waals surface area contributed by atoms with Crippen molar-refractivity contribution in [2.45, 2.75) is 74.4 Å². The Morgan fingerprint density at radius 2 is 1.90 bits per heavy atom. The Hall–Kier alpha value is -3.28. The minimum Gasteiger partial charge on any atom is -0.369 e. The number of carbonyl (C=O) groups is 2. The standard InChI is InChI=1S/C30H32F4N4O2S/c1-27(2,31)16-24-25(39)37-23(17-35)18-41-15-3-12-29(38-24,30(32,33)34)22-10-6-20(7-11-22)19-4-8-21(9-5-19)28(13-14-28)26(36)40/h4-10,22-24,38H,11,13-16,18H2,1-2H3,(H2,36,40)(H,37,39)/t22?,23-,24+,29+/m1/s1. The number of hydrogen-bond donors (Lipinski definition) is 3. The number of amides is 2. The predicted octanol–water partition coefficient (Wildman–Crippen LogP) is 4.32. The van der Waals surface area contributed by atoms with Gasteiger partial charge in [-0.1, -0.05) is 54.3 Å². The molecular formula is C30H32F4N4O2S. The molecule has 4 rings (SSSR count). The molecule has 1 saturated carbocycles. The second kappa shape index (κ2) is 11.5. The van der Waals surface area contributed by atoms with Crippen LogP contribution in [0.4, 0.5) is 17.6 Å². The van der Waals surface area contributed by atoms with Gasteiger partial charge in [-0.2, -0.15) is 18.4 Å². The van der Waals surface area contributed by atoms with Crippen molar-refractivity contribution in [1.29, 1.82) is 5.26 Å². The molecule has 218 valence electrons. The average Bonchev–Trinajstić information content (AvgIpc) is 3.72. The van der Waals surface area contributed by atoms with Gasteiger partial charge in [0.25, 0.3) is 0 Å². The van der Waals surface area contributed by atoms with Crippen LogP contribution in [0.5, 0.6) is 0 Å². The molecule has 4 N–H and O–H groups in total. The van der Waals surface area contributed by atoms with Crippen molar-refractivity contribution in [3.8, 4) is 17.9 Å². The summed E-state index contributed by atoms with van der Waals surface area (Å²) < 4.78 is 59.8. The summed E-state index contributed by atoms with van der Waals surface area (Å²) in [6, 6.07) is 6.62. The van der Waals surface area contributed by atoms with Crippen LogP contribution >= 0.6 is 11.8 Å². The Morgan fingerprint density at radius 3 is 2.41 bits per heavy atom. The van der Waals surface area contributed by atoms with Crippen LogP contribution in [0.25, 0.3) is 5.57 Å². The third kappa shape index (κ3) is 6.63. The summed E-state index contributed by atoms with van der Waals surface area (Å²) in [5.74, 6) is 2.65. The molecule has 0 bridgehead atoms. The van der Waals surface area contributed by atoms with E-state index >= 15 is 13.2 Å². The van der Waals surface area contributed by atoms with Gasteiger partial charge in [-0.25, -0.2) is 4.39 Å². The lowest BCUT2D eigenvalue weighted by Gasteiger charge is -2.41. The number of primary amides is 1.